The molecule has 26 heavy (non-hydrogen) atoms. The van der Waals surface area contributed by atoms with E-state index in [1.807, 2.05) is 35.9 Å². The smallest absolute Gasteiger partial charge is 0.275 e. The molecular weight excluding hydrogens is 344 g/mol. The van der Waals surface area contributed by atoms with E-state index in [2.05, 4.69) is 48.1 Å². The normalized spacial score (nSPS) is 13.4. The van der Waals surface area contributed by atoms with Crippen molar-refractivity contribution >= 4 is 18.2 Å². The highest BCUT2D eigenvalue weighted by atomic mass is 32.1. The van der Waals surface area contributed by atoms with Gasteiger partial charge in [-0.05, 0) is 37.2 Å². The Kier molecular flexibility index (Phi) is 5.27. The SMILES string of the molecule is CO[N+](C)(Cc1ccccc1)c1ncn(-c2c(C)cccc2C)c(=S)n1. The van der Waals surface area contributed by atoms with Crippen LogP contribution in [0, 0.1) is 18.6 Å². The molecule has 0 spiro atoms. The molecule has 0 amide bonds. The fraction of sp³-hybridized carbons (Fsp3) is 0.250. The first-order chi connectivity index (χ1) is 12.4. The number of hydroxylamine groups is 2. The van der Waals surface area contributed by atoms with Gasteiger partial charge < -0.3 is 0 Å². The predicted octanol–water partition coefficient (Wildman–Crippen LogP) is 4.31. The summed E-state index contributed by atoms with van der Waals surface area (Å²) in [4.78, 5) is 14.9. The molecule has 0 aliphatic heterocycles. The molecule has 0 saturated carbocycles. The van der Waals surface area contributed by atoms with Gasteiger partial charge in [0.25, 0.3) is 0 Å². The maximum Gasteiger partial charge on any atom is 0.366 e. The number of para-hydroxylation sites is 1. The second kappa shape index (κ2) is 7.45. The van der Waals surface area contributed by atoms with E-state index in [1.54, 1.807) is 13.4 Å². The summed E-state index contributed by atoms with van der Waals surface area (Å²) in [5.74, 6) is 0.531. The van der Waals surface area contributed by atoms with Gasteiger partial charge in [-0.1, -0.05) is 48.5 Å². The number of benzene rings is 2. The zero-order valence-corrected chi connectivity index (χ0v) is 16.3. The summed E-state index contributed by atoms with van der Waals surface area (Å²) in [7, 11) is 3.59. The number of aryl methyl sites for hydroxylation is 2. The van der Waals surface area contributed by atoms with Crippen LogP contribution in [0.2, 0.25) is 0 Å². The third kappa shape index (κ3) is 3.58. The van der Waals surface area contributed by atoms with Crippen molar-refractivity contribution in [3.05, 3.63) is 76.3 Å². The van der Waals surface area contributed by atoms with Gasteiger partial charge in [-0.2, -0.15) is 9.82 Å². The zero-order valence-electron chi connectivity index (χ0n) is 15.5. The summed E-state index contributed by atoms with van der Waals surface area (Å²) < 4.78 is 2.43. The highest BCUT2D eigenvalue weighted by Crippen LogP contribution is 2.22. The fourth-order valence-electron chi connectivity index (χ4n) is 3.04. The van der Waals surface area contributed by atoms with Crippen LogP contribution >= 0.6 is 12.2 Å². The lowest BCUT2D eigenvalue weighted by atomic mass is 10.1. The summed E-state index contributed by atoms with van der Waals surface area (Å²) in [6, 6.07) is 16.3. The van der Waals surface area contributed by atoms with Crippen LogP contribution in [-0.4, -0.2) is 28.7 Å². The van der Waals surface area contributed by atoms with E-state index in [9.17, 15) is 0 Å². The van der Waals surface area contributed by atoms with Crippen LogP contribution in [0.1, 0.15) is 16.7 Å². The van der Waals surface area contributed by atoms with E-state index in [-0.39, 0.29) is 4.65 Å². The van der Waals surface area contributed by atoms with Crippen molar-refractivity contribution in [3.8, 4) is 5.69 Å². The Morgan fingerprint density at radius 2 is 1.69 bits per heavy atom. The molecule has 1 atom stereocenters. The predicted molar refractivity (Wildman–Crippen MR) is 107 cm³/mol. The zero-order chi connectivity index (χ0) is 18.7. The van der Waals surface area contributed by atoms with E-state index in [1.165, 1.54) is 0 Å². The Balaban J connectivity index is 2.02. The lowest BCUT2D eigenvalue weighted by Gasteiger charge is -2.27. The van der Waals surface area contributed by atoms with Gasteiger partial charge in [0.2, 0.25) is 4.77 Å². The molecule has 0 N–H and O–H groups in total. The molecule has 1 heterocycles. The third-order valence-electron chi connectivity index (χ3n) is 4.52. The minimum Gasteiger partial charge on any atom is -0.275 e. The van der Waals surface area contributed by atoms with Gasteiger partial charge in [-0.15, -0.1) is 9.63 Å². The van der Waals surface area contributed by atoms with E-state index in [0.717, 1.165) is 22.4 Å². The third-order valence-corrected chi connectivity index (χ3v) is 4.81. The molecule has 0 bridgehead atoms. The van der Waals surface area contributed by atoms with Crippen LogP contribution in [0.3, 0.4) is 0 Å². The molecule has 0 aliphatic rings. The largest absolute Gasteiger partial charge is 0.366 e. The lowest BCUT2D eigenvalue weighted by Crippen LogP contribution is -2.44. The van der Waals surface area contributed by atoms with Gasteiger partial charge in [0.1, 0.15) is 19.9 Å². The average molecular weight is 367 g/mol. The van der Waals surface area contributed by atoms with Crippen molar-refractivity contribution in [1.29, 1.82) is 0 Å². The summed E-state index contributed by atoms with van der Waals surface area (Å²) in [6.45, 7) is 4.73. The number of nitrogens with zero attached hydrogens (tertiary/aromatic N) is 4. The Bertz CT molecular complexity index is 951. The number of rotatable bonds is 5. The summed E-state index contributed by atoms with van der Waals surface area (Å²) >= 11 is 5.57. The Labute approximate surface area is 159 Å². The second-order valence-electron chi connectivity index (χ2n) is 6.48. The van der Waals surface area contributed by atoms with Crippen LogP contribution in [-0.2, 0) is 11.4 Å². The number of aromatic nitrogens is 3. The molecule has 3 rings (SSSR count). The van der Waals surface area contributed by atoms with Crippen molar-refractivity contribution < 1.29 is 4.84 Å². The van der Waals surface area contributed by atoms with Crippen LogP contribution < -0.4 is 4.65 Å². The molecular formula is C20H23N4OS+. The summed E-state index contributed by atoms with van der Waals surface area (Å²) in [5.41, 5.74) is 4.42. The van der Waals surface area contributed by atoms with Gasteiger partial charge in [-0.25, -0.2) is 0 Å². The van der Waals surface area contributed by atoms with Crippen LogP contribution in [0.5, 0.6) is 0 Å². The Morgan fingerprint density at radius 1 is 1.04 bits per heavy atom. The molecule has 0 aliphatic carbocycles. The first-order valence-electron chi connectivity index (χ1n) is 8.42. The quantitative estimate of drug-likeness (QED) is 0.383. The van der Waals surface area contributed by atoms with Gasteiger partial charge >= 0.3 is 5.95 Å². The van der Waals surface area contributed by atoms with Crippen LogP contribution in [0.15, 0.2) is 54.9 Å². The summed E-state index contributed by atoms with van der Waals surface area (Å²) in [5, 5.41) is 0. The topological polar surface area (TPSA) is 39.9 Å². The minimum atomic E-state index is 0.112. The summed E-state index contributed by atoms with van der Waals surface area (Å²) in [6.07, 6.45) is 1.74. The maximum atomic E-state index is 5.73. The van der Waals surface area contributed by atoms with Gasteiger partial charge in [-0.3, -0.25) is 4.57 Å². The first-order valence-corrected chi connectivity index (χ1v) is 8.83. The van der Waals surface area contributed by atoms with E-state index >= 15 is 0 Å². The van der Waals surface area contributed by atoms with Gasteiger partial charge in [0.05, 0.1) is 12.8 Å². The van der Waals surface area contributed by atoms with Gasteiger partial charge in [0.15, 0.2) is 0 Å². The molecule has 5 nitrogen and oxygen atoms in total. The number of quaternary nitrogens is 1. The molecule has 1 unspecified atom stereocenters. The fourth-order valence-corrected chi connectivity index (χ4v) is 3.26. The highest BCUT2D eigenvalue weighted by Gasteiger charge is 2.30. The van der Waals surface area contributed by atoms with Crippen molar-refractivity contribution in [1.82, 2.24) is 19.2 Å². The van der Waals surface area contributed by atoms with Crippen molar-refractivity contribution in [2.45, 2.75) is 20.4 Å². The van der Waals surface area contributed by atoms with Gasteiger partial charge in [0, 0.05) is 5.56 Å². The molecule has 0 fully saturated rings. The number of hydrogen-bond acceptors (Lipinski definition) is 4. The highest BCUT2D eigenvalue weighted by molar-refractivity contribution is 7.71. The number of hydrogen-bond donors (Lipinski definition) is 0. The van der Waals surface area contributed by atoms with E-state index in [4.69, 9.17) is 17.1 Å². The maximum absolute atomic E-state index is 5.73. The monoisotopic (exact) mass is 367 g/mol. The van der Waals surface area contributed by atoms with Crippen molar-refractivity contribution in [2.75, 3.05) is 14.2 Å². The average Bonchev–Trinajstić information content (AvgIpc) is 2.63. The Morgan fingerprint density at radius 3 is 2.27 bits per heavy atom. The molecule has 1 aromatic heterocycles. The Hall–Kier alpha value is -2.41. The molecule has 134 valence electrons. The molecule has 6 heteroatoms. The van der Waals surface area contributed by atoms with E-state index in [0.29, 0.717) is 17.3 Å². The minimum absolute atomic E-state index is 0.112. The lowest BCUT2D eigenvalue weighted by molar-refractivity contribution is -0.112. The van der Waals surface area contributed by atoms with Crippen LogP contribution in [0.4, 0.5) is 5.95 Å². The molecule has 2 aromatic carbocycles. The molecule has 0 saturated heterocycles. The second-order valence-corrected chi connectivity index (χ2v) is 6.84. The van der Waals surface area contributed by atoms with Crippen molar-refractivity contribution in [2.24, 2.45) is 0 Å². The van der Waals surface area contributed by atoms with Crippen LogP contribution in [0.25, 0.3) is 5.69 Å². The first kappa shape index (κ1) is 18.4. The molecule has 3 aromatic rings. The standard InChI is InChI=1S/C20H23N4OS/c1-15-9-8-10-16(2)18(15)23-14-21-19(22-20(23)26)24(3,25-4)13-17-11-6-5-7-12-17/h5-12,14H,13H2,1-4H3/q+1. The van der Waals surface area contributed by atoms with Crippen molar-refractivity contribution in [3.63, 3.8) is 0 Å². The molecule has 0 radical (unpaired) electrons. The van der Waals surface area contributed by atoms with E-state index < -0.39 is 0 Å².